The second kappa shape index (κ2) is 5.97. The molecule has 0 aliphatic carbocycles. The summed E-state index contributed by atoms with van der Waals surface area (Å²) in [7, 11) is 3.16. The monoisotopic (exact) mass is 304 g/mol. The molecule has 0 bridgehead atoms. The van der Waals surface area contributed by atoms with E-state index in [4.69, 9.17) is 27.4 Å². The molecule has 5 nitrogen and oxygen atoms in total. The van der Waals surface area contributed by atoms with Gasteiger partial charge in [-0.15, -0.1) is 0 Å². The summed E-state index contributed by atoms with van der Waals surface area (Å²) in [6.45, 7) is 1.83. The number of nitrogens with zero attached hydrogens (tertiary/aromatic N) is 1. The summed E-state index contributed by atoms with van der Waals surface area (Å²) < 4.78 is 12.4. The summed E-state index contributed by atoms with van der Waals surface area (Å²) >= 11 is 4.92. The average molecular weight is 304 g/mol. The number of hydrogen-bond acceptors (Lipinski definition) is 4. The van der Waals surface area contributed by atoms with Crippen LogP contribution in [0.3, 0.4) is 0 Å². The van der Waals surface area contributed by atoms with Gasteiger partial charge in [-0.3, -0.25) is 4.79 Å². The van der Waals surface area contributed by atoms with Crippen LogP contribution in [-0.2, 0) is 0 Å². The van der Waals surface area contributed by atoms with Gasteiger partial charge in [0.1, 0.15) is 16.5 Å². The van der Waals surface area contributed by atoms with E-state index in [0.717, 1.165) is 11.4 Å². The molecular formula is C15H16N2O3S. The van der Waals surface area contributed by atoms with Crippen molar-refractivity contribution in [2.45, 2.75) is 6.92 Å². The van der Waals surface area contributed by atoms with Crippen molar-refractivity contribution in [3.8, 4) is 17.2 Å². The van der Waals surface area contributed by atoms with Gasteiger partial charge in [-0.1, -0.05) is 12.2 Å². The molecule has 0 amide bonds. The van der Waals surface area contributed by atoms with Crippen molar-refractivity contribution < 1.29 is 9.47 Å². The first-order chi connectivity index (χ1) is 9.97. The third kappa shape index (κ3) is 2.90. The molecule has 0 fully saturated rings. The average Bonchev–Trinajstić information content (AvgIpc) is 2.46. The van der Waals surface area contributed by atoms with Crippen molar-refractivity contribution in [2.24, 2.45) is 5.73 Å². The van der Waals surface area contributed by atoms with Crippen molar-refractivity contribution in [3.63, 3.8) is 0 Å². The van der Waals surface area contributed by atoms with E-state index < -0.39 is 0 Å². The maximum Gasteiger partial charge on any atom is 0.192 e. The first-order valence-electron chi connectivity index (χ1n) is 6.23. The van der Waals surface area contributed by atoms with Gasteiger partial charge in [-0.05, 0) is 19.1 Å². The molecule has 1 aromatic heterocycles. The normalized spacial score (nSPS) is 10.2. The summed E-state index contributed by atoms with van der Waals surface area (Å²) in [6.07, 6.45) is 1.63. The zero-order valence-electron chi connectivity index (χ0n) is 12.0. The molecule has 2 aromatic rings. The quantitative estimate of drug-likeness (QED) is 0.873. The Kier molecular flexibility index (Phi) is 4.28. The van der Waals surface area contributed by atoms with Gasteiger partial charge in [-0.25, -0.2) is 0 Å². The summed E-state index contributed by atoms with van der Waals surface area (Å²) in [5, 5.41) is 0. The van der Waals surface area contributed by atoms with Crippen LogP contribution in [0.15, 0.2) is 35.3 Å². The van der Waals surface area contributed by atoms with Gasteiger partial charge in [-0.2, -0.15) is 0 Å². The fraction of sp³-hybridized carbons (Fsp3) is 0.200. The Balaban J connectivity index is 2.69. The highest BCUT2D eigenvalue weighted by Crippen LogP contribution is 2.28. The number of hydrogen-bond donors (Lipinski definition) is 1. The second-order valence-corrected chi connectivity index (χ2v) is 4.90. The smallest absolute Gasteiger partial charge is 0.192 e. The number of pyridine rings is 1. The van der Waals surface area contributed by atoms with E-state index >= 15 is 0 Å². The first kappa shape index (κ1) is 15.1. The highest BCUT2D eigenvalue weighted by molar-refractivity contribution is 7.80. The van der Waals surface area contributed by atoms with Gasteiger partial charge in [0.05, 0.1) is 25.5 Å². The number of aryl methyl sites for hydroxylation is 1. The fourth-order valence-corrected chi connectivity index (χ4v) is 2.21. The van der Waals surface area contributed by atoms with Crippen LogP contribution in [0.4, 0.5) is 0 Å². The Morgan fingerprint density at radius 2 is 1.95 bits per heavy atom. The second-order valence-electron chi connectivity index (χ2n) is 4.46. The number of aromatic nitrogens is 1. The minimum Gasteiger partial charge on any atom is -0.497 e. The minimum absolute atomic E-state index is 0.0706. The van der Waals surface area contributed by atoms with Crippen LogP contribution in [0.1, 0.15) is 11.3 Å². The van der Waals surface area contributed by atoms with Crippen molar-refractivity contribution in [2.75, 3.05) is 14.2 Å². The molecule has 0 atom stereocenters. The number of rotatable bonds is 4. The first-order valence-corrected chi connectivity index (χ1v) is 6.64. The Bertz CT molecular complexity index is 753. The highest BCUT2D eigenvalue weighted by atomic mass is 32.1. The van der Waals surface area contributed by atoms with Gasteiger partial charge in [0.2, 0.25) is 0 Å². The van der Waals surface area contributed by atoms with Crippen LogP contribution in [0, 0.1) is 6.92 Å². The molecule has 1 aromatic carbocycles. The van der Waals surface area contributed by atoms with E-state index in [-0.39, 0.29) is 10.4 Å². The van der Waals surface area contributed by atoms with Gasteiger partial charge in [0.25, 0.3) is 0 Å². The Morgan fingerprint density at radius 3 is 2.52 bits per heavy atom. The number of thiocarbonyl (C=S) groups is 1. The maximum atomic E-state index is 11.9. The standard InChI is InChI=1S/C15H16N2O3S/c1-9-6-13(18)11(15(16)21)8-17(9)12-5-4-10(19-2)7-14(12)20-3/h4-8H,1-3H3,(H2,16,21). The SMILES string of the molecule is COc1ccc(-n2cc(C(N)=S)c(=O)cc2C)c(OC)c1. The van der Waals surface area contributed by atoms with E-state index in [2.05, 4.69) is 0 Å². The minimum atomic E-state index is -0.191. The number of methoxy groups -OCH3 is 2. The lowest BCUT2D eigenvalue weighted by molar-refractivity contribution is 0.393. The highest BCUT2D eigenvalue weighted by Gasteiger charge is 2.12. The molecule has 2 N–H and O–H groups in total. The lowest BCUT2D eigenvalue weighted by Crippen LogP contribution is -2.23. The third-order valence-corrected chi connectivity index (χ3v) is 3.38. The van der Waals surface area contributed by atoms with Crippen molar-refractivity contribution in [1.82, 2.24) is 4.57 Å². The zero-order chi connectivity index (χ0) is 15.6. The maximum absolute atomic E-state index is 11.9. The lowest BCUT2D eigenvalue weighted by atomic mass is 10.2. The van der Waals surface area contributed by atoms with E-state index in [1.165, 1.54) is 6.07 Å². The molecule has 0 saturated heterocycles. The topological polar surface area (TPSA) is 66.5 Å². The van der Waals surface area contributed by atoms with E-state index in [0.29, 0.717) is 17.1 Å². The predicted octanol–water partition coefficient (Wildman–Crippen LogP) is 1.80. The van der Waals surface area contributed by atoms with Crippen LogP contribution >= 0.6 is 12.2 Å². The molecule has 6 heteroatoms. The van der Waals surface area contributed by atoms with Gasteiger partial charge in [0.15, 0.2) is 5.43 Å². The molecule has 0 aliphatic heterocycles. The molecule has 110 valence electrons. The van der Waals surface area contributed by atoms with Crippen LogP contribution in [-0.4, -0.2) is 23.8 Å². The summed E-state index contributed by atoms with van der Waals surface area (Å²) in [5.74, 6) is 1.30. The van der Waals surface area contributed by atoms with Crippen molar-refractivity contribution >= 4 is 17.2 Å². The molecule has 21 heavy (non-hydrogen) atoms. The molecular weight excluding hydrogens is 288 g/mol. The van der Waals surface area contributed by atoms with E-state index in [9.17, 15) is 4.79 Å². The molecule has 0 saturated carbocycles. The van der Waals surface area contributed by atoms with Gasteiger partial charge in [0, 0.05) is 24.0 Å². The van der Waals surface area contributed by atoms with Gasteiger partial charge >= 0.3 is 0 Å². The molecule has 2 rings (SSSR count). The van der Waals surface area contributed by atoms with Crippen LogP contribution in [0.5, 0.6) is 11.5 Å². The van der Waals surface area contributed by atoms with Crippen LogP contribution in [0.25, 0.3) is 5.69 Å². The molecule has 0 unspecified atom stereocenters. The van der Waals surface area contributed by atoms with Crippen LogP contribution in [0.2, 0.25) is 0 Å². The number of benzene rings is 1. The molecule has 1 heterocycles. The van der Waals surface area contributed by atoms with Gasteiger partial charge < -0.3 is 19.8 Å². The third-order valence-electron chi connectivity index (χ3n) is 3.16. The molecule has 0 spiro atoms. The van der Waals surface area contributed by atoms with Crippen LogP contribution < -0.4 is 20.6 Å². The summed E-state index contributed by atoms with van der Waals surface area (Å²) in [5.41, 5.74) is 7.23. The van der Waals surface area contributed by atoms with E-state index in [1.54, 1.807) is 26.5 Å². The van der Waals surface area contributed by atoms with E-state index in [1.807, 2.05) is 23.6 Å². The largest absolute Gasteiger partial charge is 0.497 e. The van der Waals surface area contributed by atoms with Crippen molar-refractivity contribution in [3.05, 3.63) is 51.9 Å². The molecule has 0 aliphatic rings. The van der Waals surface area contributed by atoms with Crippen molar-refractivity contribution in [1.29, 1.82) is 0 Å². The predicted molar refractivity (Wildman–Crippen MR) is 85.8 cm³/mol. The Labute approximate surface area is 127 Å². The summed E-state index contributed by atoms with van der Waals surface area (Å²) in [6, 6.07) is 6.93. The summed E-state index contributed by atoms with van der Waals surface area (Å²) in [4.78, 5) is 12.0. The number of ether oxygens (including phenoxy) is 2. The lowest BCUT2D eigenvalue weighted by Gasteiger charge is -2.16. The number of nitrogens with two attached hydrogens (primary N) is 1. The zero-order valence-corrected chi connectivity index (χ0v) is 12.9. The fourth-order valence-electron chi connectivity index (χ4n) is 2.06. The molecule has 0 radical (unpaired) electrons. The Morgan fingerprint density at radius 1 is 1.24 bits per heavy atom. The Hall–Kier alpha value is -2.34.